The van der Waals surface area contributed by atoms with E-state index in [2.05, 4.69) is 25.3 Å². The third-order valence-electron chi connectivity index (χ3n) is 12.4. The number of ether oxygens (including phenoxy) is 2. The van der Waals surface area contributed by atoms with Crippen molar-refractivity contribution in [3.8, 4) is 0 Å². The van der Waals surface area contributed by atoms with Crippen molar-refractivity contribution >= 4 is 17.5 Å². The molecule has 0 spiro atoms. The number of fused-ring (bicyclic) bond motifs is 5. The lowest BCUT2D eigenvalue weighted by Gasteiger charge is -2.60. The Morgan fingerprint density at radius 2 is 1.80 bits per heavy atom. The van der Waals surface area contributed by atoms with Crippen LogP contribution in [-0.4, -0.2) is 135 Å². The molecule has 2 saturated heterocycles. The number of nitrogens with zero attached hydrogens (tertiary/aromatic N) is 3. The van der Waals surface area contributed by atoms with Crippen LogP contribution in [0, 0.1) is 29.6 Å². The van der Waals surface area contributed by atoms with E-state index in [4.69, 9.17) is 9.47 Å². The zero-order chi connectivity index (χ0) is 31.9. The van der Waals surface area contributed by atoms with Gasteiger partial charge in [0.15, 0.2) is 5.78 Å². The first kappa shape index (κ1) is 32.6. The molecule has 2 N–H and O–H groups in total. The average Bonchev–Trinajstić information content (AvgIpc) is 3.33. The second-order valence-electron chi connectivity index (χ2n) is 15.3. The molecule has 0 aromatic carbocycles. The molecule has 0 bridgehead atoms. The minimum atomic E-state index is -1.28. The number of halogens is 1. The van der Waals surface area contributed by atoms with E-state index in [1.54, 1.807) is 0 Å². The molecule has 3 heterocycles. The molecular formula is C35H54FN5O5. The van der Waals surface area contributed by atoms with Gasteiger partial charge in [0.25, 0.3) is 5.91 Å². The summed E-state index contributed by atoms with van der Waals surface area (Å²) in [5.41, 5.74) is 0.152. The standard InChI is InChI=1S/C35H54FN5O5/c1-39(2)11-6-5-9-38-35(44)26-20-41-28-18-23-21-7-3-4-8-22(21)32(42)24(23)19-29(28)46-34-30(27(36)17-25(31(34)41)33(26)43)37-10-12-40-13-15-45-16-14-40/h20-25,27-31,34,37H,3-19H2,1-2H3,(H,38,44). The number of hydrogen-bond donors (Lipinski definition) is 2. The van der Waals surface area contributed by atoms with Crippen LogP contribution in [0.5, 0.6) is 0 Å². The second-order valence-corrected chi connectivity index (χ2v) is 15.3. The van der Waals surface area contributed by atoms with Crippen molar-refractivity contribution in [1.29, 1.82) is 0 Å². The predicted molar refractivity (Wildman–Crippen MR) is 171 cm³/mol. The Morgan fingerprint density at radius 1 is 1.00 bits per heavy atom. The van der Waals surface area contributed by atoms with Crippen LogP contribution in [0.2, 0.25) is 0 Å². The van der Waals surface area contributed by atoms with Gasteiger partial charge in [-0.1, -0.05) is 12.8 Å². The molecule has 0 aromatic heterocycles. The Hall–Kier alpha value is -1.92. The second kappa shape index (κ2) is 13.9. The maximum Gasteiger partial charge on any atom is 0.256 e. The molecule has 3 aliphatic heterocycles. The number of nitrogens with one attached hydrogen (secondary N) is 2. The van der Waals surface area contributed by atoms with E-state index >= 15 is 4.39 Å². The topological polar surface area (TPSA) is 103 Å². The summed E-state index contributed by atoms with van der Waals surface area (Å²) >= 11 is 0. The highest BCUT2D eigenvalue weighted by atomic mass is 19.1. The van der Waals surface area contributed by atoms with Crippen molar-refractivity contribution < 1.29 is 28.2 Å². The van der Waals surface area contributed by atoms with Crippen LogP contribution in [0.1, 0.15) is 57.8 Å². The fraction of sp³-hybridized carbons (Fsp3) is 0.857. The molecule has 7 aliphatic rings. The molecule has 6 fully saturated rings. The van der Waals surface area contributed by atoms with E-state index in [-0.39, 0.29) is 53.7 Å². The first-order valence-electron chi connectivity index (χ1n) is 18.1. The van der Waals surface area contributed by atoms with Crippen LogP contribution in [0.3, 0.4) is 0 Å². The molecule has 46 heavy (non-hydrogen) atoms. The van der Waals surface area contributed by atoms with E-state index in [1.807, 2.05) is 20.3 Å². The largest absolute Gasteiger partial charge is 0.379 e. The van der Waals surface area contributed by atoms with Gasteiger partial charge in [-0.25, -0.2) is 4.39 Å². The Bertz CT molecular complexity index is 1180. The summed E-state index contributed by atoms with van der Waals surface area (Å²) in [5, 5.41) is 6.49. The van der Waals surface area contributed by atoms with E-state index < -0.39 is 24.2 Å². The van der Waals surface area contributed by atoms with Gasteiger partial charge in [-0.15, -0.1) is 0 Å². The van der Waals surface area contributed by atoms with Gasteiger partial charge in [0, 0.05) is 56.7 Å². The molecule has 4 aliphatic carbocycles. The molecule has 11 heteroatoms. The van der Waals surface area contributed by atoms with Gasteiger partial charge >= 0.3 is 0 Å². The fourth-order valence-electron chi connectivity index (χ4n) is 10.2. The first-order valence-corrected chi connectivity index (χ1v) is 18.1. The van der Waals surface area contributed by atoms with Crippen LogP contribution in [-0.2, 0) is 23.9 Å². The predicted octanol–water partition coefficient (Wildman–Crippen LogP) is 1.78. The van der Waals surface area contributed by atoms with Gasteiger partial charge in [0.05, 0.1) is 49.1 Å². The van der Waals surface area contributed by atoms with Crippen LogP contribution in [0.4, 0.5) is 4.39 Å². The zero-order valence-electron chi connectivity index (χ0n) is 27.7. The lowest BCUT2D eigenvalue weighted by atomic mass is 9.66. The Labute approximate surface area is 273 Å². The van der Waals surface area contributed by atoms with Gasteiger partial charge < -0.3 is 29.9 Å². The number of Topliss-reactive ketones (excluding diaryl/α,β-unsaturated/α-hetero) is 2. The lowest BCUT2D eigenvalue weighted by Crippen LogP contribution is -2.73. The number of amides is 1. The minimum Gasteiger partial charge on any atom is -0.379 e. The van der Waals surface area contributed by atoms with Gasteiger partial charge in [0.1, 0.15) is 12.0 Å². The van der Waals surface area contributed by atoms with Crippen molar-refractivity contribution in [1.82, 2.24) is 25.3 Å². The fourth-order valence-corrected chi connectivity index (χ4v) is 10.2. The molecule has 11 unspecified atom stereocenters. The molecule has 1 amide bonds. The van der Waals surface area contributed by atoms with Crippen LogP contribution < -0.4 is 10.6 Å². The van der Waals surface area contributed by atoms with Gasteiger partial charge in [-0.2, -0.15) is 0 Å². The molecule has 0 aromatic rings. The molecule has 4 saturated carbocycles. The van der Waals surface area contributed by atoms with Crippen molar-refractivity contribution in [2.75, 3.05) is 66.6 Å². The van der Waals surface area contributed by atoms with Crippen LogP contribution >= 0.6 is 0 Å². The summed E-state index contributed by atoms with van der Waals surface area (Å²) in [4.78, 5) is 47.9. The normalized spacial score (nSPS) is 40.6. The highest BCUT2D eigenvalue weighted by molar-refractivity contribution is 6.20. The van der Waals surface area contributed by atoms with Crippen LogP contribution in [0.15, 0.2) is 11.8 Å². The van der Waals surface area contributed by atoms with Crippen LogP contribution in [0.25, 0.3) is 0 Å². The monoisotopic (exact) mass is 643 g/mol. The summed E-state index contributed by atoms with van der Waals surface area (Å²) in [7, 11) is 4.05. The van der Waals surface area contributed by atoms with Gasteiger partial charge in [-0.3, -0.25) is 19.3 Å². The Kier molecular flexibility index (Phi) is 9.86. The third-order valence-corrected chi connectivity index (χ3v) is 12.4. The quantitative estimate of drug-likeness (QED) is 0.273. The maximum absolute atomic E-state index is 16.2. The van der Waals surface area contributed by atoms with Crippen molar-refractivity contribution in [3.05, 3.63) is 11.8 Å². The number of carbonyl (C=O) groups excluding carboxylic acids is 3. The summed E-state index contributed by atoms with van der Waals surface area (Å²) in [6.07, 6.45) is 7.51. The minimum absolute atomic E-state index is 0.000438. The number of hydrogen-bond acceptors (Lipinski definition) is 9. The van der Waals surface area contributed by atoms with E-state index in [1.165, 1.54) is 6.42 Å². The van der Waals surface area contributed by atoms with E-state index in [0.717, 1.165) is 64.7 Å². The molecule has 7 rings (SSSR count). The first-order chi connectivity index (χ1) is 22.3. The molecule has 10 nitrogen and oxygen atoms in total. The lowest BCUT2D eigenvalue weighted by molar-refractivity contribution is -0.206. The molecule has 0 radical (unpaired) electrons. The summed E-state index contributed by atoms with van der Waals surface area (Å²) in [6.45, 7) is 6.01. The zero-order valence-corrected chi connectivity index (χ0v) is 27.7. The molecule has 11 atom stereocenters. The summed E-state index contributed by atoms with van der Waals surface area (Å²) in [6, 6.07) is -0.910. The highest BCUT2D eigenvalue weighted by Gasteiger charge is 2.62. The smallest absolute Gasteiger partial charge is 0.256 e. The summed E-state index contributed by atoms with van der Waals surface area (Å²) < 4.78 is 28.6. The number of alkyl halides is 1. The number of carbonyl (C=O) groups is 3. The number of rotatable bonds is 10. The maximum atomic E-state index is 16.2. The van der Waals surface area contributed by atoms with Crippen molar-refractivity contribution in [3.63, 3.8) is 0 Å². The highest BCUT2D eigenvalue weighted by Crippen LogP contribution is 2.55. The number of unbranched alkanes of at least 4 members (excludes halogenated alkanes) is 1. The number of ketones is 2. The molecular weight excluding hydrogens is 589 g/mol. The van der Waals surface area contributed by atoms with Gasteiger partial charge in [0.2, 0.25) is 0 Å². The SMILES string of the molecule is CN(C)CCCCNC(=O)C1=CN2C3CC4C(CC3OC3C(NCCN5CCOCC5)C(F)CC(C1=O)C32)C(=O)C1CCCCC14. The summed E-state index contributed by atoms with van der Waals surface area (Å²) in [5.74, 6) is 0.0768. The Morgan fingerprint density at radius 3 is 2.61 bits per heavy atom. The van der Waals surface area contributed by atoms with Crippen molar-refractivity contribution in [2.45, 2.75) is 94.3 Å². The van der Waals surface area contributed by atoms with Crippen molar-refractivity contribution in [2.24, 2.45) is 29.6 Å². The number of morpholine rings is 2. The average molecular weight is 644 g/mol. The Balaban J connectivity index is 1.13. The third kappa shape index (κ3) is 6.19. The van der Waals surface area contributed by atoms with E-state index in [9.17, 15) is 14.4 Å². The van der Waals surface area contributed by atoms with Gasteiger partial charge in [-0.05, 0) is 77.4 Å². The van der Waals surface area contributed by atoms with E-state index in [0.29, 0.717) is 50.3 Å². The molecule has 256 valence electrons.